The number of unbranched alkanes of at least 4 members (excludes halogenated alkanes) is 1. The van der Waals surface area contributed by atoms with E-state index in [1.165, 1.54) is 24.1 Å². The predicted molar refractivity (Wildman–Crippen MR) is 178 cm³/mol. The first-order valence-electron chi connectivity index (χ1n) is 15.1. The molecule has 0 saturated heterocycles. The standard InChI is InChI=1S/C36H41N3O5S/c1-4-5-24-37-36(41)34(25-29-12-8-6-9-13-29)38(26-30-14-10-7-11-15-30)35(40)27-39(31-18-20-32(44-3)21-19-31)45(42,43)33-22-16-28(2)17-23-33/h6-23,34H,4-5,24-27H2,1-3H3,(H,37,41). The molecule has 0 heterocycles. The second kappa shape index (κ2) is 15.9. The molecule has 0 saturated carbocycles. The summed E-state index contributed by atoms with van der Waals surface area (Å²) < 4.78 is 34.6. The van der Waals surface area contributed by atoms with Crippen molar-refractivity contribution in [1.29, 1.82) is 0 Å². The summed E-state index contributed by atoms with van der Waals surface area (Å²) in [5.74, 6) is -0.235. The summed E-state index contributed by atoms with van der Waals surface area (Å²) in [7, 11) is -2.64. The van der Waals surface area contributed by atoms with E-state index < -0.39 is 28.5 Å². The van der Waals surface area contributed by atoms with E-state index in [2.05, 4.69) is 5.32 Å². The number of nitrogens with zero attached hydrogens (tertiary/aromatic N) is 2. The number of methoxy groups -OCH3 is 1. The zero-order valence-corrected chi connectivity index (χ0v) is 26.9. The lowest BCUT2D eigenvalue weighted by Crippen LogP contribution is -2.53. The fraction of sp³-hybridized carbons (Fsp3) is 0.278. The van der Waals surface area contributed by atoms with Crippen LogP contribution in [0.25, 0.3) is 0 Å². The van der Waals surface area contributed by atoms with E-state index in [-0.39, 0.29) is 23.8 Å². The highest BCUT2D eigenvalue weighted by Crippen LogP contribution is 2.27. The molecule has 1 unspecified atom stereocenters. The molecule has 1 N–H and O–H groups in total. The van der Waals surface area contributed by atoms with Crippen molar-refractivity contribution in [3.63, 3.8) is 0 Å². The molecular formula is C36H41N3O5S. The Kier molecular flexibility index (Phi) is 11.8. The van der Waals surface area contributed by atoms with Crippen LogP contribution in [0.1, 0.15) is 36.5 Å². The van der Waals surface area contributed by atoms with Crippen LogP contribution >= 0.6 is 0 Å². The van der Waals surface area contributed by atoms with Gasteiger partial charge >= 0.3 is 0 Å². The van der Waals surface area contributed by atoms with E-state index in [9.17, 15) is 18.0 Å². The Morgan fingerprint density at radius 2 is 1.42 bits per heavy atom. The summed E-state index contributed by atoms with van der Waals surface area (Å²) >= 11 is 0. The molecule has 236 valence electrons. The van der Waals surface area contributed by atoms with Crippen LogP contribution in [0.5, 0.6) is 5.75 Å². The molecule has 8 nitrogen and oxygen atoms in total. The van der Waals surface area contributed by atoms with Crippen LogP contribution in [0.15, 0.2) is 114 Å². The summed E-state index contributed by atoms with van der Waals surface area (Å²) in [4.78, 5) is 29.8. The van der Waals surface area contributed by atoms with Crippen molar-refractivity contribution in [3.8, 4) is 5.75 Å². The normalized spacial score (nSPS) is 11.8. The number of benzene rings is 4. The van der Waals surface area contributed by atoms with Gasteiger partial charge in [0, 0.05) is 19.5 Å². The highest BCUT2D eigenvalue weighted by atomic mass is 32.2. The van der Waals surface area contributed by atoms with Crippen molar-refractivity contribution in [3.05, 3.63) is 126 Å². The first-order valence-corrected chi connectivity index (χ1v) is 16.6. The number of rotatable bonds is 15. The van der Waals surface area contributed by atoms with Crippen molar-refractivity contribution in [2.75, 3.05) is 24.5 Å². The van der Waals surface area contributed by atoms with Gasteiger partial charge in [0.05, 0.1) is 17.7 Å². The van der Waals surface area contributed by atoms with Crippen molar-refractivity contribution < 1.29 is 22.7 Å². The minimum atomic E-state index is -4.17. The average Bonchev–Trinajstić information content (AvgIpc) is 3.06. The van der Waals surface area contributed by atoms with Gasteiger partial charge in [0.15, 0.2) is 0 Å². The number of anilines is 1. The minimum absolute atomic E-state index is 0.0597. The van der Waals surface area contributed by atoms with Gasteiger partial charge in [-0.1, -0.05) is 91.7 Å². The van der Waals surface area contributed by atoms with Gasteiger partial charge in [-0.25, -0.2) is 8.42 Å². The van der Waals surface area contributed by atoms with Gasteiger partial charge in [-0.05, 0) is 60.9 Å². The maximum atomic E-state index is 14.5. The van der Waals surface area contributed by atoms with Gasteiger partial charge in [0.1, 0.15) is 18.3 Å². The number of carbonyl (C=O) groups is 2. The number of aryl methyl sites for hydroxylation is 1. The van der Waals surface area contributed by atoms with E-state index in [0.29, 0.717) is 18.0 Å². The fourth-order valence-corrected chi connectivity index (χ4v) is 6.37. The molecule has 0 fully saturated rings. The Morgan fingerprint density at radius 1 is 0.822 bits per heavy atom. The zero-order chi connectivity index (χ0) is 32.2. The summed E-state index contributed by atoms with van der Waals surface area (Å²) in [6.07, 6.45) is 1.98. The van der Waals surface area contributed by atoms with Gasteiger partial charge in [-0.2, -0.15) is 0 Å². The number of amides is 2. The van der Waals surface area contributed by atoms with Crippen molar-refractivity contribution in [2.45, 2.75) is 50.6 Å². The molecule has 0 radical (unpaired) electrons. The van der Waals surface area contributed by atoms with Crippen LogP contribution in [-0.4, -0.2) is 51.4 Å². The summed E-state index contributed by atoms with van der Waals surface area (Å²) in [5, 5.41) is 3.01. The van der Waals surface area contributed by atoms with E-state index >= 15 is 0 Å². The molecule has 0 aliphatic heterocycles. The van der Waals surface area contributed by atoms with Gasteiger partial charge in [-0.15, -0.1) is 0 Å². The van der Waals surface area contributed by atoms with Crippen LogP contribution in [0.3, 0.4) is 0 Å². The molecule has 0 aliphatic carbocycles. The molecule has 1 atom stereocenters. The molecule has 4 rings (SSSR count). The molecule has 0 aliphatic rings. The first-order chi connectivity index (χ1) is 21.7. The Balaban J connectivity index is 1.77. The Labute approximate surface area is 266 Å². The van der Waals surface area contributed by atoms with Crippen molar-refractivity contribution in [1.82, 2.24) is 10.2 Å². The Morgan fingerprint density at radius 3 is 2.00 bits per heavy atom. The van der Waals surface area contributed by atoms with Gasteiger partial charge in [0.2, 0.25) is 11.8 Å². The van der Waals surface area contributed by atoms with Gasteiger partial charge in [0.25, 0.3) is 10.0 Å². The summed E-state index contributed by atoms with van der Waals surface area (Å²) in [6.45, 7) is 4.01. The second-order valence-electron chi connectivity index (χ2n) is 10.9. The maximum absolute atomic E-state index is 14.5. The van der Waals surface area contributed by atoms with E-state index in [1.54, 1.807) is 36.4 Å². The molecule has 4 aromatic carbocycles. The van der Waals surface area contributed by atoms with Gasteiger partial charge in [-0.3, -0.25) is 13.9 Å². The number of sulfonamides is 1. The lowest BCUT2D eigenvalue weighted by Gasteiger charge is -2.34. The second-order valence-corrected chi connectivity index (χ2v) is 12.7. The molecule has 0 aromatic heterocycles. The van der Waals surface area contributed by atoms with Crippen LogP contribution in [0, 0.1) is 6.92 Å². The lowest BCUT2D eigenvalue weighted by molar-refractivity contribution is -0.140. The number of hydrogen-bond donors (Lipinski definition) is 1. The number of carbonyl (C=O) groups excluding carboxylic acids is 2. The SMILES string of the molecule is CCCCNC(=O)C(Cc1ccccc1)N(Cc1ccccc1)C(=O)CN(c1ccc(OC)cc1)S(=O)(=O)c1ccc(C)cc1. The summed E-state index contributed by atoms with van der Waals surface area (Å²) in [5.41, 5.74) is 2.92. The zero-order valence-electron chi connectivity index (χ0n) is 26.1. The monoisotopic (exact) mass is 627 g/mol. The molecule has 0 bridgehead atoms. The highest BCUT2D eigenvalue weighted by molar-refractivity contribution is 7.92. The number of hydrogen-bond acceptors (Lipinski definition) is 5. The quantitative estimate of drug-likeness (QED) is 0.169. The van der Waals surface area contributed by atoms with E-state index in [0.717, 1.165) is 33.8 Å². The van der Waals surface area contributed by atoms with Crippen molar-refractivity contribution >= 4 is 27.5 Å². The minimum Gasteiger partial charge on any atom is -0.497 e. The lowest BCUT2D eigenvalue weighted by atomic mass is 10.0. The third-order valence-electron chi connectivity index (χ3n) is 7.54. The largest absolute Gasteiger partial charge is 0.497 e. The molecule has 9 heteroatoms. The van der Waals surface area contributed by atoms with E-state index in [4.69, 9.17) is 4.74 Å². The number of nitrogens with one attached hydrogen (secondary N) is 1. The molecule has 4 aromatic rings. The summed E-state index contributed by atoms with van der Waals surface area (Å²) in [6, 6.07) is 31.1. The number of ether oxygens (including phenoxy) is 1. The Hall–Kier alpha value is -4.63. The smallest absolute Gasteiger partial charge is 0.264 e. The van der Waals surface area contributed by atoms with Crippen LogP contribution < -0.4 is 14.4 Å². The highest BCUT2D eigenvalue weighted by Gasteiger charge is 2.34. The molecule has 45 heavy (non-hydrogen) atoms. The van der Waals surface area contributed by atoms with Gasteiger partial charge < -0.3 is 15.0 Å². The van der Waals surface area contributed by atoms with Crippen LogP contribution in [0.4, 0.5) is 5.69 Å². The first kappa shape index (κ1) is 33.3. The van der Waals surface area contributed by atoms with Crippen LogP contribution in [-0.2, 0) is 32.6 Å². The third-order valence-corrected chi connectivity index (χ3v) is 9.33. The molecular weight excluding hydrogens is 586 g/mol. The fourth-order valence-electron chi connectivity index (χ4n) is 4.95. The Bertz CT molecular complexity index is 1630. The maximum Gasteiger partial charge on any atom is 0.264 e. The molecule has 2 amide bonds. The third kappa shape index (κ3) is 8.95. The molecule has 0 spiro atoms. The van der Waals surface area contributed by atoms with Crippen LogP contribution in [0.2, 0.25) is 0 Å². The van der Waals surface area contributed by atoms with E-state index in [1.807, 2.05) is 74.5 Å². The average molecular weight is 628 g/mol. The topological polar surface area (TPSA) is 96.0 Å². The van der Waals surface area contributed by atoms with Crippen molar-refractivity contribution in [2.24, 2.45) is 0 Å². The predicted octanol–water partition coefficient (Wildman–Crippen LogP) is 5.76.